The minimum atomic E-state index is -3.02. The lowest BCUT2D eigenvalue weighted by molar-refractivity contribution is -0.172. The van der Waals surface area contributed by atoms with Crippen LogP contribution in [0.5, 0.6) is 5.75 Å². The molecule has 0 aromatic heterocycles. The van der Waals surface area contributed by atoms with Crippen LogP contribution in [0, 0.1) is 5.92 Å². The number of ketones is 1. The van der Waals surface area contributed by atoms with Crippen LogP contribution in [0.3, 0.4) is 0 Å². The number of Topliss-reactive ketones (excluding diaryl/α,β-unsaturated/α-hetero) is 1. The van der Waals surface area contributed by atoms with E-state index >= 15 is 0 Å². The number of carboxylic acids is 3. The SMILES string of the molecule is CCCCCCCC(=O)CCCCCC/C=C/C(C(=O)NC(Cc1ccc(OCCCN(C)C)cc1)C(=O)O)C(O)(CC(=O)O)C(=O)O. The summed E-state index contributed by atoms with van der Waals surface area (Å²) >= 11 is 0. The molecule has 270 valence electrons. The first kappa shape index (κ1) is 42.3. The Morgan fingerprint density at radius 2 is 1.48 bits per heavy atom. The zero-order chi connectivity index (χ0) is 36.0. The fourth-order valence-corrected chi connectivity index (χ4v) is 5.22. The molecular formula is C36H56N2O10. The number of amides is 1. The summed E-state index contributed by atoms with van der Waals surface area (Å²) in [5.41, 5.74) is -2.46. The second-order valence-electron chi connectivity index (χ2n) is 12.6. The van der Waals surface area contributed by atoms with Crippen LogP contribution in [-0.2, 0) is 30.4 Å². The highest BCUT2D eigenvalue weighted by atomic mass is 16.5. The van der Waals surface area contributed by atoms with Crippen LogP contribution in [0.15, 0.2) is 36.4 Å². The van der Waals surface area contributed by atoms with Crippen LogP contribution in [-0.4, -0.2) is 93.8 Å². The van der Waals surface area contributed by atoms with Gasteiger partial charge in [-0.3, -0.25) is 14.4 Å². The number of allylic oxidation sites excluding steroid dienone is 1. The van der Waals surface area contributed by atoms with E-state index in [1.54, 1.807) is 24.3 Å². The number of hydrogen-bond donors (Lipinski definition) is 5. The topological polar surface area (TPSA) is 191 Å². The lowest BCUT2D eigenvalue weighted by Crippen LogP contribution is -2.55. The Hall–Kier alpha value is -3.77. The Labute approximate surface area is 284 Å². The van der Waals surface area contributed by atoms with Gasteiger partial charge in [0.2, 0.25) is 5.91 Å². The molecule has 1 amide bonds. The van der Waals surface area contributed by atoms with E-state index in [0.29, 0.717) is 43.6 Å². The summed E-state index contributed by atoms with van der Waals surface area (Å²) in [4.78, 5) is 63.0. The first-order valence-corrected chi connectivity index (χ1v) is 17.1. The summed E-state index contributed by atoms with van der Waals surface area (Å²) in [6.07, 6.45) is 12.1. The van der Waals surface area contributed by atoms with Gasteiger partial charge in [0.25, 0.3) is 0 Å². The van der Waals surface area contributed by atoms with E-state index < -0.39 is 47.8 Å². The molecule has 0 aliphatic rings. The van der Waals surface area contributed by atoms with Crippen molar-refractivity contribution >= 4 is 29.6 Å². The molecule has 5 N–H and O–H groups in total. The van der Waals surface area contributed by atoms with Crippen molar-refractivity contribution in [1.29, 1.82) is 0 Å². The number of nitrogens with zero attached hydrogens (tertiary/aromatic N) is 1. The van der Waals surface area contributed by atoms with Gasteiger partial charge in [-0.25, -0.2) is 9.59 Å². The predicted octanol–water partition coefficient (Wildman–Crippen LogP) is 4.86. The first-order valence-electron chi connectivity index (χ1n) is 17.1. The maximum atomic E-state index is 13.3. The van der Waals surface area contributed by atoms with Gasteiger partial charge >= 0.3 is 17.9 Å². The van der Waals surface area contributed by atoms with Crippen LogP contribution >= 0.6 is 0 Å². The molecule has 0 saturated carbocycles. The summed E-state index contributed by atoms with van der Waals surface area (Å²) in [6.45, 7) is 3.51. The molecular weight excluding hydrogens is 620 g/mol. The van der Waals surface area contributed by atoms with E-state index in [-0.39, 0.29) is 12.2 Å². The molecule has 0 aliphatic carbocycles. The highest BCUT2D eigenvalue weighted by Crippen LogP contribution is 2.26. The lowest BCUT2D eigenvalue weighted by Gasteiger charge is -2.29. The number of ether oxygens (including phenoxy) is 1. The largest absolute Gasteiger partial charge is 0.494 e. The fourth-order valence-electron chi connectivity index (χ4n) is 5.22. The third kappa shape index (κ3) is 17.4. The molecule has 0 fully saturated rings. The standard InChI is InChI=1S/C36H56N2O10/c1-4-5-6-9-12-16-28(39)17-13-10-7-8-11-14-18-30(36(47,35(45)46)26-32(40)41)33(42)37-31(34(43)44)25-27-19-21-29(22-20-27)48-24-15-23-38(2)3/h14,18-22,30-31,47H,4-13,15-17,23-26H2,1-3H3,(H,37,42)(H,40,41)(H,43,44)(H,45,46)/b18-14+. The molecule has 0 bridgehead atoms. The van der Waals surface area contributed by atoms with Gasteiger partial charge in [0, 0.05) is 25.8 Å². The van der Waals surface area contributed by atoms with Gasteiger partial charge in [-0.15, -0.1) is 0 Å². The van der Waals surface area contributed by atoms with E-state index in [2.05, 4.69) is 12.2 Å². The summed E-state index contributed by atoms with van der Waals surface area (Å²) in [7, 11) is 3.93. The van der Waals surface area contributed by atoms with Crippen molar-refractivity contribution in [2.45, 2.75) is 115 Å². The molecule has 0 heterocycles. The van der Waals surface area contributed by atoms with Gasteiger partial charge in [0.1, 0.15) is 17.6 Å². The second kappa shape index (κ2) is 23.5. The smallest absolute Gasteiger partial charge is 0.337 e. The summed E-state index contributed by atoms with van der Waals surface area (Å²) in [5.74, 6) is -7.08. The van der Waals surface area contributed by atoms with Crippen LogP contribution in [0.1, 0.15) is 102 Å². The van der Waals surface area contributed by atoms with Crippen molar-refractivity contribution in [1.82, 2.24) is 10.2 Å². The van der Waals surface area contributed by atoms with Crippen LogP contribution < -0.4 is 10.1 Å². The van der Waals surface area contributed by atoms with Crippen LogP contribution in [0.25, 0.3) is 0 Å². The number of aliphatic hydroxyl groups is 1. The number of rotatable bonds is 28. The lowest BCUT2D eigenvalue weighted by atomic mass is 9.82. The quantitative estimate of drug-likeness (QED) is 0.0602. The number of nitrogens with one attached hydrogen (secondary N) is 1. The maximum absolute atomic E-state index is 13.3. The van der Waals surface area contributed by atoms with Gasteiger partial charge < -0.3 is 35.4 Å². The zero-order valence-electron chi connectivity index (χ0n) is 28.8. The van der Waals surface area contributed by atoms with Gasteiger partial charge in [0.05, 0.1) is 18.9 Å². The molecule has 0 aliphatic heterocycles. The molecule has 1 aromatic carbocycles. The monoisotopic (exact) mass is 676 g/mol. The minimum absolute atomic E-state index is 0.149. The summed E-state index contributed by atoms with van der Waals surface area (Å²) < 4.78 is 5.69. The number of benzene rings is 1. The molecule has 3 unspecified atom stereocenters. The van der Waals surface area contributed by atoms with Gasteiger partial charge in [-0.05, 0) is 63.9 Å². The molecule has 0 radical (unpaired) electrons. The number of hydrogen-bond acceptors (Lipinski definition) is 8. The molecule has 0 saturated heterocycles. The summed E-state index contributed by atoms with van der Waals surface area (Å²) in [5, 5.41) is 42.1. The predicted molar refractivity (Wildman–Crippen MR) is 182 cm³/mol. The number of carboxylic acid groups (broad SMARTS) is 3. The second-order valence-corrected chi connectivity index (χ2v) is 12.6. The molecule has 1 rings (SSSR count). The van der Waals surface area contributed by atoms with Crippen molar-refractivity contribution in [2.75, 3.05) is 27.2 Å². The zero-order valence-corrected chi connectivity index (χ0v) is 28.8. The van der Waals surface area contributed by atoms with Crippen LogP contribution in [0.2, 0.25) is 0 Å². The van der Waals surface area contributed by atoms with Crippen molar-refractivity contribution < 1.29 is 49.1 Å². The Balaban J connectivity index is 2.81. The molecule has 48 heavy (non-hydrogen) atoms. The van der Waals surface area contributed by atoms with Gasteiger partial charge in [-0.2, -0.15) is 0 Å². The molecule has 12 heteroatoms. The Kier molecular flexibility index (Phi) is 20.7. The Morgan fingerprint density at radius 1 is 0.875 bits per heavy atom. The number of carbonyl (C=O) groups is 5. The van der Waals surface area contributed by atoms with Gasteiger partial charge in [0.15, 0.2) is 5.60 Å². The first-order chi connectivity index (χ1) is 22.8. The molecule has 3 atom stereocenters. The van der Waals surface area contributed by atoms with E-state index in [0.717, 1.165) is 64.0 Å². The van der Waals surface area contributed by atoms with Crippen molar-refractivity contribution in [3.05, 3.63) is 42.0 Å². The maximum Gasteiger partial charge on any atom is 0.337 e. The van der Waals surface area contributed by atoms with E-state index in [4.69, 9.17) is 4.74 Å². The highest BCUT2D eigenvalue weighted by Gasteiger charge is 2.49. The number of aliphatic carboxylic acids is 3. The van der Waals surface area contributed by atoms with E-state index in [1.165, 1.54) is 12.5 Å². The molecule has 1 aromatic rings. The average Bonchev–Trinajstić information content (AvgIpc) is 3.01. The van der Waals surface area contributed by atoms with Crippen molar-refractivity contribution in [2.24, 2.45) is 5.92 Å². The molecule has 0 spiro atoms. The van der Waals surface area contributed by atoms with E-state index in [1.807, 2.05) is 19.0 Å². The number of carbonyl (C=O) groups excluding carboxylic acids is 2. The van der Waals surface area contributed by atoms with Crippen molar-refractivity contribution in [3.63, 3.8) is 0 Å². The minimum Gasteiger partial charge on any atom is -0.494 e. The Morgan fingerprint density at radius 3 is 2.02 bits per heavy atom. The fraction of sp³-hybridized carbons (Fsp3) is 0.639. The highest BCUT2D eigenvalue weighted by molar-refractivity contribution is 5.94. The van der Waals surface area contributed by atoms with Crippen molar-refractivity contribution in [3.8, 4) is 5.75 Å². The summed E-state index contributed by atoms with van der Waals surface area (Å²) in [6, 6.07) is 5.19. The molecule has 12 nitrogen and oxygen atoms in total. The third-order valence-electron chi connectivity index (χ3n) is 8.05. The van der Waals surface area contributed by atoms with Gasteiger partial charge in [-0.1, -0.05) is 69.7 Å². The normalized spacial score (nSPS) is 13.9. The average molecular weight is 677 g/mol. The third-order valence-corrected chi connectivity index (χ3v) is 8.05. The Bertz CT molecular complexity index is 1170. The van der Waals surface area contributed by atoms with E-state index in [9.17, 15) is 44.4 Å². The van der Waals surface area contributed by atoms with Crippen LogP contribution in [0.4, 0.5) is 0 Å². The number of unbranched alkanes of at least 4 members (excludes halogenated alkanes) is 8.